The number of ether oxygens (including phenoxy) is 3. The topological polar surface area (TPSA) is 82.1 Å². The van der Waals surface area contributed by atoms with Crippen LogP contribution in [0, 0.1) is 0 Å². The molecule has 0 bridgehead atoms. The largest absolute Gasteiger partial charge is 0.497 e. The molecule has 2 amide bonds. The molecular weight excluding hydrogens is 502 g/mol. The smallest absolute Gasteiger partial charge is 0.343 e. The van der Waals surface area contributed by atoms with Crippen LogP contribution < -0.4 is 14.2 Å². The van der Waals surface area contributed by atoms with Gasteiger partial charge in [-0.25, -0.2) is 4.79 Å². The minimum atomic E-state index is -0.571. The van der Waals surface area contributed by atoms with Crippen LogP contribution in [0.3, 0.4) is 0 Å². The first kappa shape index (κ1) is 25.1. The molecular formula is C30H23NO6S. The van der Waals surface area contributed by atoms with Crippen LogP contribution in [-0.2, 0) is 11.3 Å². The summed E-state index contributed by atoms with van der Waals surface area (Å²) in [5, 5.41) is 1.70. The molecule has 1 aliphatic rings. The first-order chi connectivity index (χ1) is 18.5. The van der Waals surface area contributed by atoms with Gasteiger partial charge in [-0.05, 0) is 76.1 Å². The third-order valence-electron chi connectivity index (χ3n) is 6.10. The van der Waals surface area contributed by atoms with Gasteiger partial charge in [0.2, 0.25) is 0 Å². The number of hydrogen-bond donors (Lipinski definition) is 0. The Kier molecular flexibility index (Phi) is 7.15. The summed E-state index contributed by atoms with van der Waals surface area (Å²) in [6.45, 7) is 0.177. The number of esters is 1. The van der Waals surface area contributed by atoms with Gasteiger partial charge in [-0.1, -0.05) is 48.5 Å². The molecule has 5 rings (SSSR count). The summed E-state index contributed by atoms with van der Waals surface area (Å²) in [4.78, 5) is 40.2. The fraction of sp³-hybridized carbons (Fsp3) is 0.100. The van der Waals surface area contributed by atoms with E-state index in [0.717, 1.165) is 28.1 Å². The molecule has 0 aromatic heterocycles. The molecule has 38 heavy (non-hydrogen) atoms. The van der Waals surface area contributed by atoms with E-state index >= 15 is 0 Å². The molecule has 190 valence electrons. The van der Waals surface area contributed by atoms with Crippen LogP contribution in [0.1, 0.15) is 21.5 Å². The fourth-order valence-electron chi connectivity index (χ4n) is 4.14. The normalized spacial score (nSPS) is 14.3. The van der Waals surface area contributed by atoms with Crippen molar-refractivity contribution in [2.75, 3.05) is 14.2 Å². The van der Waals surface area contributed by atoms with E-state index in [1.54, 1.807) is 55.7 Å². The number of amides is 2. The Labute approximate surface area is 223 Å². The van der Waals surface area contributed by atoms with Crippen molar-refractivity contribution < 1.29 is 28.6 Å². The van der Waals surface area contributed by atoms with E-state index < -0.39 is 5.97 Å². The first-order valence-electron chi connectivity index (χ1n) is 11.7. The average Bonchev–Trinajstić information content (AvgIpc) is 3.20. The summed E-state index contributed by atoms with van der Waals surface area (Å²) < 4.78 is 16.1. The number of imide groups is 1. The Balaban J connectivity index is 1.37. The Morgan fingerprint density at radius 3 is 2.39 bits per heavy atom. The summed E-state index contributed by atoms with van der Waals surface area (Å²) in [7, 11) is 3.01. The average molecular weight is 526 g/mol. The first-order valence-corrected chi connectivity index (χ1v) is 12.5. The van der Waals surface area contributed by atoms with Crippen LogP contribution in [0.4, 0.5) is 4.79 Å². The van der Waals surface area contributed by atoms with Crippen LogP contribution in [0.15, 0.2) is 89.8 Å². The lowest BCUT2D eigenvalue weighted by Crippen LogP contribution is -2.27. The van der Waals surface area contributed by atoms with Gasteiger partial charge in [0.1, 0.15) is 5.75 Å². The molecule has 1 heterocycles. The highest BCUT2D eigenvalue weighted by Gasteiger charge is 2.35. The number of nitrogens with zero attached hydrogens (tertiary/aromatic N) is 1. The number of carbonyl (C=O) groups excluding carboxylic acids is 3. The molecule has 0 atom stereocenters. The second kappa shape index (κ2) is 10.8. The molecule has 0 radical (unpaired) electrons. The number of methoxy groups -OCH3 is 2. The molecule has 7 nitrogen and oxygen atoms in total. The van der Waals surface area contributed by atoms with E-state index in [9.17, 15) is 14.4 Å². The molecule has 0 aliphatic carbocycles. The molecule has 1 saturated heterocycles. The van der Waals surface area contributed by atoms with Crippen molar-refractivity contribution in [3.8, 4) is 17.2 Å². The predicted octanol–water partition coefficient (Wildman–Crippen LogP) is 6.31. The standard InChI is InChI=1S/C30H23NO6S/c1-35-23-13-11-21(12-14-23)29(33)37-26-16-19(10-15-25(26)36-2)17-27-28(32)31(30(34)38-27)18-22-8-5-7-20-6-3-4-9-24(20)22/h3-17H,18H2,1-2H3/b27-17-. The number of carbonyl (C=O) groups is 3. The Morgan fingerprint density at radius 2 is 1.63 bits per heavy atom. The molecule has 4 aromatic carbocycles. The van der Waals surface area contributed by atoms with Crippen LogP contribution >= 0.6 is 11.8 Å². The second-order valence-corrected chi connectivity index (χ2v) is 9.43. The van der Waals surface area contributed by atoms with Gasteiger partial charge in [0.15, 0.2) is 11.5 Å². The van der Waals surface area contributed by atoms with Gasteiger partial charge < -0.3 is 14.2 Å². The third kappa shape index (κ3) is 5.12. The Hall–Kier alpha value is -4.56. The van der Waals surface area contributed by atoms with Crippen molar-refractivity contribution in [1.82, 2.24) is 4.90 Å². The molecule has 0 N–H and O–H groups in total. The van der Waals surface area contributed by atoms with Crippen molar-refractivity contribution in [1.29, 1.82) is 0 Å². The van der Waals surface area contributed by atoms with Crippen molar-refractivity contribution in [3.63, 3.8) is 0 Å². The lowest BCUT2D eigenvalue weighted by atomic mass is 10.0. The van der Waals surface area contributed by atoms with Gasteiger partial charge in [0, 0.05) is 0 Å². The van der Waals surface area contributed by atoms with Gasteiger partial charge in [0.05, 0.1) is 31.2 Å². The van der Waals surface area contributed by atoms with E-state index in [2.05, 4.69) is 0 Å². The van der Waals surface area contributed by atoms with Gasteiger partial charge in [0.25, 0.3) is 11.1 Å². The molecule has 1 aliphatic heterocycles. The van der Waals surface area contributed by atoms with Gasteiger partial charge >= 0.3 is 5.97 Å². The van der Waals surface area contributed by atoms with E-state index in [1.807, 2.05) is 42.5 Å². The number of thioether (sulfide) groups is 1. The summed E-state index contributed by atoms with van der Waals surface area (Å²) in [6, 6.07) is 25.2. The number of hydrogen-bond acceptors (Lipinski definition) is 7. The van der Waals surface area contributed by atoms with Gasteiger partial charge in [-0.2, -0.15) is 0 Å². The summed E-state index contributed by atoms with van der Waals surface area (Å²) in [6.07, 6.45) is 1.61. The maximum absolute atomic E-state index is 13.2. The zero-order chi connectivity index (χ0) is 26.6. The molecule has 0 saturated carbocycles. The highest BCUT2D eigenvalue weighted by Crippen LogP contribution is 2.36. The SMILES string of the molecule is COc1ccc(C(=O)Oc2cc(/C=C3\SC(=O)N(Cc4cccc5ccccc45)C3=O)ccc2OC)cc1. The Bertz CT molecular complexity index is 1570. The van der Waals surface area contributed by atoms with Crippen molar-refractivity contribution in [2.45, 2.75) is 6.54 Å². The van der Waals surface area contributed by atoms with Crippen LogP contribution in [0.5, 0.6) is 17.2 Å². The zero-order valence-corrected chi connectivity index (χ0v) is 21.5. The van der Waals surface area contributed by atoms with Crippen LogP contribution in [-0.4, -0.2) is 36.2 Å². The lowest BCUT2D eigenvalue weighted by molar-refractivity contribution is -0.123. The Morgan fingerprint density at radius 1 is 0.868 bits per heavy atom. The quantitative estimate of drug-likeness (QED) is 0.159. The fourth-order valence-corrected chi connectivity index (χ4v) is 4.98. The monoisotopic (exact) mass is 525 g/mol. The molecule has 0 unspecified atom stereocenters. The minimum absolute atomic E-state index is 0.177. The number of fused-ring (bicyclic) bond motifs is 1. The molecule has 0 spiro atoms. The van der Waals surface area contributed by atoms with Gasteiger partial charge in [-0.15, -0.1) is 0 Å². The van der Waals surface area contributed by atoms with E-state index in [-0.39, 0.29) is 28.3 Å². The maximum atomic E-state index is 13.2. The van der Waals surface area contributed by atoms with E-state index in [4.69, 9.17) is 14.2 Å². The number of benzene rings is 4. The van der Waals surface area contributed by atoms with Gasteiger partial charge in [-0.3, -0.25) is 14.5 Å². The van der Waals surface area contributed by atoms with E-state index in [1.165, 1.54) is 12.0 Å². The highest BCUT2D eigenvalue weighted by molar-refractivity contribution is 8.18. The number of rotatable bonds is 7. The molecule has 4 aromatic rings. The molecule has 8 heteroatoms. The molecule has 1 fully saturated rings. The van der Waals surface area contributed by atoms with Crippen LogP contribution in [0.25, 0.3) is 16.8 Å². The minimum Gasteiger partial charge on any atom is -0.497 e. The second-order valence-electron chi connectivity index (χ2n) is 8.43. The summed E-state index contributed by atoms with van der Waals surface area (Å²) >= 11 is 0.879. The van der Waals surface area contributed by atoms with Crippen molar-refractivity contribution >= 4 is 45.7 Å². The predicted molar refractivity (Wildman–Crippen MR) is 146 cm³/mol. The van der Waals surface area contributed by atoms with Crippen molar-refractivity contribution in [3.05, 3.63) is 107 Å². The van der Waals surface area contributed by atoms with Crippen molar-refractivity contribution in [2.24, 2.45) is 0 Å². The zero-order valence-electron chi connectivity index (χ0n) is 20.7. The van der Waals surface area contributed by atoms with Crippen LogP contribution in [0.2, 0.25) is 0 Å². The summed E-state index contributed by atoms with van der Waals surface area (Å²) in [5.41, 5.74) is 1.82. The maximum Gasteiger partial charge on any atom is 0.343 e. The summed E-state index contributed by atoms with van der Waals surface area (Å²) in [5.74, 6) is 0.222. The van der Waals surface area contributed by atoms with E-state index in [0.29, 0.717) is 22.6 Å². The highest BCUT2D eigenvalue weighted by atomic mass is 32.2. The third-order valence-corrected chi connectivity index (χ3v) is 7.00. The lowest BCUT2D eigenvalue weighted by Gasteiger charge is -2.14.